The van der Waals surface area contributed by atoms with Crippen molar-refractivity contribution in [3.8, 4) is 0 Å². The van der Waals surface area contributed by atoms with Crippen LogP contribution in [0.4, 0.5) is 0 Å². The number of hydrogen-bond donors (Lipinski definition) is 5. The Morgan fingerprint density at radius 3 is 2.56 bits per heavy atom. The Hall–Kier alpha value is -1.10. The van der Waals surface area contributed by atoms with Crippen LogP contribution in [0.1, 0.15) is 12.8 Å². The van der Waals surface area contributed by atoms with Gasteiger partial charge >= 0.3 is 21.3 Å². The number of H-pyrrole nitrogens is 1. The maximum absolute atomic E-state index is 11.9. The van der Waals surface area contributed by atoms with Gasteiger partial charge in [0.05, 0.1) is 18.2 Å². The Morgan fingerprint density at radius 1 is 1.28 bits per heavy atom. The average Bonchev–Trinajstić information content (AvgIpc) is 3.03. The van der Waals surface area contributed by atoms with Crippen LogP contribution in [0.5, 0.6) is 0 Å². The van der Waals surface area contributed by atoms with E-state index >= 15 is 0 Å². The van der Waals surface area contributed by atoms with E-state index < -0.39 is 51.1 Å². The largest absolute Gasteiger partial charge is 0.481 e. The Labute approximate surface area is 139 Å². The number of hydrogen-bond acceptors (Lipinski definition) is 7. The zero-order valence-corrected chi connectivity index (χ0v) is 14.4. The van der Waals surface area contributed by atoms with Crippen LogP contribution >= 0.6 is 15.6 Å². The molecule has 0 aromatic carbocycles. The Morgan fingerprint density at radius 2 is 1.96 bits per heavy atom. The number of nitrogens with one attached hydrogen (secondary N) is 1. The fraction of sp³-hybridized carbons (Fsp3) is 0.636. The molecule has 25 heavy (non-hydrogen) atoms. The summed E-state index contributed by atoms with van der Waals surface area (Å²) in [5.74, 6) is -0.902. The molecule has 2 aliphatic carbocycles. The molecule has 2 saturated carbocycles. The first kappa shape index (κ1) is 18.7. The number of fused-ring (bicyclic) bond motifs is 1. The molecular weight excluding hydrogens is 382 g/mol. The van der Waals surface area contributed by atoms with Gasteiger partial charge in [-0.2, -0.15) is 4.31 Å². The molecule has 12 nitrogen and oxygen atoms in total. The highest BCUT2D eigenvalue weighted by atomic mass is 31.3. The molecule has 0 spiro atoms. The molecule has 0 saturated heterocycles. The first-order valence-electron chi connectivity index (χ1n) is 7.18. The van der Waals surface area contributed by atoms with E-state index in [2.05, 4.69) is 13.8 Å². The van der Waals surface area contributed by atoms with Crippen molar-refractivity contribution in [3.63, 3.8) is 0 Å². The Bertz CT molecular complexity index is 889. The number of phosphoric ester groups is 1. The highest BCUT2D eigenvalue weighted by molar-refractivity contribution is 7.60. The molecule has 5 atom stereocenters. The van der Waals surface area contributed by atoms with E-state index in [1.165, 1.54) is 16.8 Å². The second-order valence-corrected chi connectivity index (χ2v) is 9.00. The first-order chi connectivity index (χ1) is 11.4. The van der Waals surface area contributed by atoms with Crippen molar-refractivity contribution in [3.05, 3.63) is 33.1 Å². The van der Waals surface area contributed by atoms with Crippen LogP contribution in [0.2, 0.25) is 0 Å². The van der Waals surface area contributed by atoms with Gasteiger partial charge in [0, 0.05) is 18.2 Å². The van der Waals surface area contributed by atoms with Gasteiger partial charge in [-0.25, -0.2) is 13.9 Å². The fourth-order valence-corrected chi connectivity index (χ4v) is 5.22. The molecule has 5 N–H and O–H groups in total. The van der Waals surface area contributed by atoms with Gasteiger partial charge in [0.25, 0.3) is 5.56 Å². The molecule has 0 aliphatic heterocycles. The summed E-state index contributed by atoms with van der Waals surface area (Å²) < 4.78 is 31.7. The van der Waals surface area contributed by atoms with Crippen molar-refractivity contribution in [1.82, 2.24) is 9.55 Å². The van der Waals surface area contributed by atoms with E-state index in [0.717, 1.165) is 0 Å². The van der Waals surface area contributed by atoms with Crippen LogP contribution in [0.3, 0.4) is 0 Å². The van der Waals surface area contributed by atoms with Crippen molar-refractivity contribution >= 4 is 15.6 Å². The summed E-state index contributed by atoms with van der Waals surface area (Å²) in [6.07, 6.45) is 1.02. The molecule has 0 amide bonds. The van der Waals surface area contributed by atoms with Crippen molar-refractivity contribution in [2.45, 2.75) is 24.5 Å². The molecule has 1 aromatic heterocycles. The van der Waals surface area contributed by atoms with Gasteiger partial charge in [-0.05, 0) is 18.8 Å². The average molecular weight is 398 g/mol. The molecule has 2 aliphatic rings. The molecule has 0 radical (unpaired) electrons. The second-order valence-electron chi connectivity index (χ2n) is 6.17. The number of aliphatic hydroxyl groups excluding tert-OH is 1. The van der Waals surface area contributed by atoms with Crippen LogP contribution in [0.15, 0.2) is 21.9 Å². The summed E-state index contributed by atoms with van der Waals surface area (Å²) in [6, 6.07) is 1.18. The molecule has 0 bridgehead atoms. The summed E-state index contributed by atoms with van der Waals surface area (Å²) in [6.45, 7) is -0.487. The van der Waals surface area contributed by atoms with E-state index in [4.69, 9.17) is 9.79 Å². The summed E-state index contributed by atoms with van der Waals surface area (Å²) >= 11 is 0. The van der Waals surface area contributed by atoms with Gasteiger partial charge in [0.2, 0.25) is 0 Å². The van der Waals surface area contributed by atoms with Gasteiger partial charge in [-0.3, -0.25) is 18.9 Å². The van der Waals surface area contributed by atoms with Gasteiger partial charge in [-0.15, -0.1) is 0 Å². The maximum Gasteiger partial charge on any atom is 0.481 e. The summed E-state index contributed by atoms with van der Waals surface area (Å²) in [7, 11) is -10.2. The van der Waals surface area contributed by atoms with Gasteiger partial charge in [0.1, 0.15) is 0 Å². The van der Waals surface area contributed by atoms with E-state index in [1.807, 2.05) is 0 Å². The number of rotatable bonds is 6. The van der Waals surface area contributed by atoms with Crippen LogP contribution in [0, 0.1) is 11.8 Å². The third-order valence-electron chi connectivity index (χ3n) is 4.62. The summed E-state index contributed by atoms with van der Waals surface area (Å²) in [4.78, 5) is 51.6. The number of aromatic nitrogens is 2. The monoisotopic (exact) mass is 398 g/mol. The zero-order valence-electron chi connectivity index (χ0n) is 12.6. The predicted octanol–water partition coefficient (Wildman–Crippen LogP) is -1.14. The Balaban J connectivity index is 1.72. The van der Waals surface area contributed by atoms with E-state index in [0.29, 0.717) is 6.42 Å². The van der Waals surface area contributed by atoms with Gasteiger partial charge in [0.15, 0.2) is 0 Å². The third kappa shape index (κ3) is 3.71. The van der Waals surface area contributed by atoms with E-state index in [9.17, 15) is 28.7 Å². The van der Waals surface area contributed by atoms with Crippen molar-refractivity contribution < 1.29 is 37.8 Å². The number of aromatic amines is 1. The molecule has 14 heteroatoms. The zero-order chi connectivity index (χ0) is 18.6. The summed E-state index contributed by atoms with van der Waals surface area (Å²) in [5.41, 5.74) is -1.90. The van der Waals surface area contributed by atoms with E-state index in [1.54, 1.807) is 0 Å². The first-order valence-corrected chi connectivity index (χ1v) is 10.2. The minimum atomic E-state index is -5.22. The minimum absolute atomic E-state index is 0.173. The number of aliphatic hydroxyl groups is 1. The third-order valence-corrected chi connectivity index (χ3v) is 6.77. The number of phosphoric acid groups is 2. The normalized spacial score (nSPS) is 33.7. The highest BCUT2D eigenvalue weighted by Crippen LogP contribution is 2.65. The van der Waals surface area contributed by atoms with Crippen LogP contribution in [0.25, 0.3) is 0 Å². The summed E-state index contributed by atoms with van der Waals surface area (Å²) in [5, 5.41) is 10.2. The lowest BCUT2D eigenvalue weighted by atomic mass is 10.0. The lowest BCUT2D eigenvalue weighted by Crippen LogP contribution is -2.36. The standard InChI is InChI=1S/C11H16N2O10P2/c14-8-4-11(13-2-1-9(15)12-10(13)16)3-7(11)6(8)5-22-25(20,21)23-24(17,18)19/h1-2,6-8,14H,3-5H2,(H,20,21)(H,12,15,16)(H2,17,18,19)/t6-,7-,8-,11?/m0/s1. The molecule has 2 fully saturated rings. The SMILES string of the molecule is O=c1ccn(C23C[C@H](O)[C@@H](COP(=O)(O)OP(=O)(O)O)[C@@H]2C3)c(=O)[nH]1. The van der Waals surface area contributed by atoms with Crippen LogP contribution < -0.4 is 11.2 Å². The fourth-order valence-electron chi connectivity index (χ4n) is 3.60. The second kappa shape index (κ2) is 5.97. The van der Waals surface area contributed by atoms with E-state index in [-0.39, 0.29) is 12.3 Å². The molecule has 3 rings (SSSR count). The molecule has 140 valence electrons. The van der Waals surface area contributed by atoms with Crippen LogP contribution in [-0.2, 0) is 23.5 Å². The maximum atomic E-state index is 11.9. The molecular formula is C11H16N2O10P2. The Kier molecular flexibility index (Phi) is 4.46. The predicted molar refractivity (Wildman–Crippen MR) is 80.4 cm³/mol. The number of nitrogens with zero attached hydrogens (tertiary/aromatic N) is 1. The lowest BCUT2D eigenvalue weighted by Gasteiger charge is -2.19. The van der Waals surface area contributed by atoms with Gasteiger partial charge in [-0.1, -0.05) is 0 Å². The highest BCUT2D eigenvalue weighted by Gasteiger charge is 2.67. The molecule has 2 unspecified atom stereocenters. The quantitative estimate of drug-likeness (QED) is 0.366. The van der Waals surface area contributed by atoms with Crippen LogP contribution in [-0.4, -0.2) is 42.0 Å². The topological polar surface area (TPSA) is 188 Å². The minimum Gasteiger partial charge on any atom is -0.393 e. The smallest absolute Gasteiger partial charge is 0.393 e. The lowest BCUT2D eigenvalue weighted by molar-refractivity contribution is 0.0668. The van der Waals surface area contributed by atoms with Crippen molar-refractivity contribution in [2.24, 2.45) is 11.8 Å². The van der Waals surface area contributed by atoms with Crippen molar-refractivity contribution in [1.29, 1.82) is 0 Å². The molecule has 1 heterocycles. The van der Waals surface area contributed by atoms with Gasteiger partial charge < -0.3 is 19.8 Å². The molecule has 1 aromatic rings. The van der Waals surface area contributed by atoms with Crippen molar-refractivity contribution in [2.75, 3.05) is 6.61 Å².